The first-order valence-corrected chi connectivity index (χ1v) is 5.51. The van der Waals surface area contributed by atoms with Gasteiger partial charge in [0.05, 0.1) is 11.3 Å². The second-order valence-electron chi connectivity index (χ2n) is 3.06. The van der Waals surface area contributed by atoms with Crippen LogP contribution in [0.1, 0.15) is 5.56 Å². The van der Waals surface area contributed by atoms with E-state index in [-0.39, 0.29) is 10.6 Å². The molecule has 0 atom stereocenters. The predicted molar refractivity (Wildman–Crippen MR) is 50.7 cm³/mol. The first-order valence-electron chi connectivity index (χ1n) is 4.07. The van der Waals surface area contributed by atoms with Crippen LogP contribution in [-0.2, 0) is 16.2 Å². The summed E-state index contributed by atoms with van der Waals surface area (Å²) in [5.41, 5.74) is -1.03. The molecule has 1 heterocycles. The summed E-state index contributed by atoms with van der Waals surface area (Å²) in [6, 6.07) is 2.33. The average molecular weight is 250 g/mol. The van der Waals surface area contributed by atoms with Gasteiger partial charge in [-0.15, -0.1) is 4.40 Å². The third kappa shape index (κ3) is 1.75. The van der Waals surface area contributed by atoms with Crippen molar-refractivity contribution >= 4 is 22.0 Å². The van der Waals surface area contributed by atoms with Crippen molar-refractivity contribution in [3.63, 3.8) is 0 Å². The Hall–Kier alpha value is -1.57. The quantitative estimate of drug-likeness (QED) is 0.764. The molecule has 2 rings (SSSR count). The summed E-state index contributed by atoms with van der Waals surface area (Å²) in [5.74, 6) is 0. The normalized spacial score (nSPS) is 17.7. The number of benzene rings is 1. The molecule has 1 N–H and O–H groups in total. The molecule has 0 radical (unpaired) electrons. The molecule has 1 aromatic rings. The van der Waals surface area contributed by atoms with Crippen LogP contribution < -0.4 is 5.32 Å². The van der Waals surface area contributed by atoms with Crippen molar-refractivity contribution in [1.82, 2.24) is 0 Å². The minimum Gasteiger partial charge on any atom is -0.345 e. The summed E-state index contributed by atoms with van der Waals surface area (Å²) >= 11 is 0. The first-order chi connectivity index (χ1) is 7.31. The molecule has 1 aromatic carbocycles. The molecule has 1 aliphatic heterocycles. The Bertz CT molecular complexity index is 563. The van der Waals surface area contributed by atoms with Crippen LogP contribution >= 0.6 is 0 Å². The summed E-state index contributed by atoms with van der Waals surface area (Å²) in [4.78, 5) is -0.261. The maximum absolute atomic E-state index is 12.3. The number of anilines is 1. The molecule has 0 unspecified atom stereocenters. The number of hydrogen-bond donors (Lipinski definition) is 1. The molecule has 4 nitrogen and oxygen atoms in total. The lowest BCUT2D eigenvalue weighted by Crippen LogP contribution is -2.13. The SMILES string of the molecule is O=S1(=O)N=CNc2cc(C(F)(F)F)ccc21. The molecule has 0 aromatic heterocycles. The lowest BCUT2D eigenvalue weighted by atomic mass is 10.2. The van der Waals surface area contributed by atoms with Crippen molar-refractivity contribution in [2.24, 2.45) is 4.40 Å². The second kappa shape index (κ2) is 3.21. The number of nitrogens with one attached hydrogen (secondary N) is 1. The van der Waals surface area contributed by atoms with Crippen LogP contribution in [0.5, 0.6) is 0 Å². The zero-order valence-electron chi connectivity index (χ0n) is 7.62. The highest BCUT2D eigenvalue weighted by Gasteiger charge is 2.32. The van der Waals surface area contributed by atoms with Gasteiger partial charge < -0.3 is 5.32 Å². The molecule has 86 valence electrons. The minimum atomic E-state index is -4.50. The summed E-state index contributed by atoms with van der Waals surface area (Å²) in [5, 5.41) is 2.36. The third-order valence-corrected chi connectivity index (χ3v) is 3.29. The van der Waals surface area contributed by atoms with E-state index in [1.54, 1.807) is 0 Å². The van der Waals surface area contributed by atoms with E-state index in [9.17, 15) is 21.6 Å². The average Bonchev–Trinajstić information content (AvgIpc) is 2.15. The van der Waals surface area contributed by atoms with Crippen molar-refractivity contribution in [2.75, 3.05) is 5.32 Å². The van der Waals surface area contributed by atoms with Gasteiger partial charge in [0.15, 0.2) is 0 Å². The predicted octanol–water partition coefficient (Wildman–Crippen LogP) is 1.85. The number of nitrogens with zero attached hydrogens (tertiary/aromatic N) is 1. The number of halogens is 3. The van der Waals surface area contributed by atoms with Crippen molar-refractivity contribution in [3.8, 4) is 0 Å². The lowest BCUT2D eigenvalue weighted by Gasteiger charge is -2.14. The minimum absolute atomic E-state index is 0.121. The maximum Gasteiger partial charge on any atom is 0.416 e. The lowest BCUT2D eigenvalue weighted by molar-refractivity contribution is -0.137. The molecule has 0 spiro atoms. The monoisotopic (exact) mass is 250 g/mol. The van der Waals surface area contributed by atoms with Crippen LogP contribution in [0, 0.1) is 0 Å². The highest BCUT2D eigenvalue weighted by Crippen LogP contribution is 2.34. The van der Waals surface area contributed by atoms with Crippen LogP contribution in [0.3, 0.4) is 0 Å². The van der Waals surface area contributed by atoms with Crippen molar-refractivity contribution in [1.29, 1.82) is 0 Å². The van der Waals surface area contributed by atoms with Gasteiger partial charge in [-0.2, -0.15) is 21.6 Å². The van der Waals surface area contributed by atoms with E-state index in [2.05, 4.69) is 9.71 Å². The molecular weight excluding hydrogens is 245 g/mol. The fourth-order valence-corrected chi connectivity index (χ4v) is 2.21. The summed E-state index contributed by atoms with van der Waals surface area (Å²) in [7, 11) is -3.86. The van der Waals surface area contributed by atoms with Crippen LogP contribution in [0.15, 0.2) is 27.5 Å². The summed E-state index contributed by atoms with van der Waals surface area (Å²) in [6.45, 7) is 0. The Morgan fingerprint density at radius 3 is 2.56 bits per heavy atom. The van der Waals surface area contributed by atoms with Gasteiger partial charge in [0, 0.05) is 0 Å². The number of rotatable bonds is 0. The van der Waals surface area contributed by atoms with Crippen molar-refractivity contribution in [2.45, 2.75) is 11.1 Å². The van der Waals surface area contributed by atoms with Crippen LogP contribution in [0.2, 0.25) is 0 Å². The van der Waals surface area contributed by atoms with Gasteiger partial charge in [-0.25, -0.2) is 0 Å². The zero-order valence-corrected chi connectivity index (χ0v) is 8.43. The van der Waals surface area contributed by atoms with Gasteiger partial charge >= 0.3 is 6.18 Å². The van der Waals surface area contributed by atoms with Crippen LogP contribution in [0.25, 0.3) is 0 Å². The number of sulfonamides is 1. The van der Waals surface area contributed by atoms with E-state index in [4.69, 9.17) is 0 Å². The molecule has 16 heavy (non-hydrogen) atoms. The smallest absolute Gasteiger partial charge is 0.345 e. The van der Waals surface area contributed by atoms with Crippen LogP contribution in [0.4, 0.5) is 18.9 Å². The Balaban J connectivity index is 2.60. The largest absolute Gasteiger partial charge is 0.416 e. The third-order valence-electron chi connectivity index (χ3n) is 2.00. The van der Waals surface area contributed by atoms with E-state index in [1.165, 1.54) is 0 Å². The van der Waals surface area contributed by atoms with E-state index in [0.717, 1.165) is 18.5 Å². The molecule has 0 saturated heterocycles. The fourth-order valence-electron chi connectivity index (χ4n) is 1.27. The van der Waals surface area contributed by atoms with E-state index in [1.807, 2.05) is 0 Å². The van der Waals surface area contributed by atoms with E-state index < -0.39 is 21.8 Å². The number of hydrogen-bond acceptors (Lipinski definition) is 3. The van der Waals surface area contributed by atoms with Crippen molar-refractivity contribution < 1.29 is 21.6 Å². The molecule has 8 heteroatoms. The molecule has 0 bridgehead atoms. The molecule has 0 saturated carbocycles. The Labute approximate surface area is 88.9 Å². The van der Waals surface area contributed by atoms with E-state index >= 15 is 0 Å². The molecule has 1 aliphatic rings. The maximum atomic E-state index is 12.3. The van der Waals surface area contributed by atoms with Gasteiger partial charge in [0.25, 0.3) is 10.0 Å². The Kier molecular flexibility index (Phi) is 2.19. The molecule has 0 fully saturated rings. The Morgan fingerprint density at radius 2 is 1.94 bits per heavy atom. The highest BCUT2D eigenvalue weighted by atomic mass is 32.2. The van der Waals surface area contributed by atoms with Gasteiger partial charge in [-0.05, 0) is 18.2 Å². The molecule has 0 aliphatic carbocycles. The topological polar surface area (TPSA) is 58.5 Å². The second-order valence-corrected chi connectivity index (χ2v) is 4.66. The first kappa shape index (κ1) is 10.9. The Morgan fingerprint density at radius 1 is 1.25 bits per heavy atom. The summed E-state index contributed by atoms with van der Waals surface area (Å²) in [6.07, 6.45) is -3.66. The van der Waals surface area contributed by atoms with E-state index in [0.29, 0.717) is 6.07 Å². The summed E-state index contributed by atoms with van der Waals surface area (Å²) < 4.78 is 62.8. The van der Waals surface area contributed by atoms with Crippen LogP contribution in [-0.4, -0.2) is 14.8 Å². The number of alkyl halides is 3. The van der Waals surface area contributed by atoms with Gasteiger partial charge in [0.2, 0.25) is 0 Å². The fraction of sp³-hybridized carbons (Fsp3) is 0.125. The molecule has 0 amide bonds. The van der Waals surface area contributed by atoms with Gasteiger partial charge in [0.1, 0.15) is 11.2 Å². The zero-order chi connectivity index (χ0) is 12.0. The standard InChI is InChI=1S/C8H5F3N2O2S/c9-8(10,11)5-1-2-7-6(3-5)12-4-13-16(7,14)15/h1-4H,(H,12,13). The highest BCUT2D eigenvalue weighted by molar-refractivity contribution is 7.90. The molecular formula is C8H5F3N2O2S. The van der Waals surface area contributed by atoms with Crippen molar-refractivity contribution in [3.05, 3.63) is 23.8 Å². The van der Waals surface area contributed by atoms with Gasteiger partial charge in [-0.1, -0.05) is 0 Å². The number of fused-ring (bicyclic) bond motifs is 1. The van der Waals surface area contributed by atoms with Gasteiger partial charge in [-0.3, -0.25) is 0 Å².